The van der Waals surface area contributed by atoms with Gasteiger partial charge in [-0.05, 0) is 25.0 Å². The minimum Gasteiger partial charge on any atom is -0.481 e. The van der Waals surface area contributed by atoms with Crippen LogP contribution in [0.4, 0.5) is 0 Å². The lowest BCUT2D eigenvalue weighted by Gasteiger charge is -2.30. The number of hydrogen-bond acceptors (Lipinski definition) is 4. The smallest absolute Gasteiger partial charge is 0.308 e. The topological polar surface area (TPSA) is 88.3 Å². The quantitative estimate of drug-likeness (QED) is 0.899. The lowest BCUT2D eigenvalue weighted by molar-refractivity contribution is -0.145. The maximum atomic E-state index is 12.4. The monoisotopic (exact) mass is 328 g/mol. The molecule has 0 radical (unpaired) electrons. The number of benzene rings is 1. The summed E-state index contributed by atoms with van der Waals surface area (Å²) in [5, 5.41) is 17.2. The van der Waals surface area contributed by atoms with Gasteiger partial charge < -0.3 is 10.0 Å². The van der Waals surface area contributed by atoms with Crippen LogP contribution >= 0.6 is 0 Å². The Hall–Kier alpha value is -2.70. The number of carboxylic acids is 1. The number of carboxylic acid groups (broad SMARTS) is 1. The molecular weight excluding hydrogens is 308 g/mol. The van der Waals surface area contributed by atoms with Crippen LogP contribution in [0.2, 0.25) is 0 Å². The van der Waals surface area contributed by atoms with E-state index in [2.05, 4.69) is 10.2 Å². The normalized spacial score (nSPS) is 17.7. The highest BCUT2D eigenvalue weighted by Gasteiger charge is 2.28. The summed E-state index contributed by atoms with van der Waals surface area (Å²) in [4.78, 5) is 25.2. The van der Waals surface area contributed by atoms with Crippen molar-refractivity contribution in [3.63, 3.8) is 0 Å². The van der Waals surface area contributed by atoms with Crippen LogP contribution in [0.15, 0.2) is 36.7 Å². The van der Waals surface area contributed by atoms with Crippen LogP contribution in [0.1, 0.15) is 25.1 Å². The molecule has 1 amide bonds. The minimum absolute atomic E-state index is 0.0245. The van der Waals surface area contributed by atoms with Crippen LogP contribution in [0.25, 0.3) is 5.69 Å². The molecule has 1 atom stereocenters. The lowest BCUT2D eigenvalue weighted by atomic mass is 9.98. The number of likely N-dealkylation sites (tertiary alicyclic amines) is 1. The summed E-state index contributed by atoms with van der Waals surface area (Å²) in [6.07, 6.45) is 3.79. The van der Waals surface area contributed by atoms with Gasteiger partial charge in [-0.2, -0.15) is 0 Å². The Bertz CT molecular complexity index is 714. The molecule has 1 aliphatic rings. The van der Waals surface area contributed by atoms with Crippen LogP contribution in [-0.4, -0.2) is 49.7 Å². The van der Waals surface area contributed by atoms with Gasteiger partial charge in [0.2, 0.25) is 5.91 Å². The zero-order valence-electron chi connectivity index (χ0n) is 13.3. The molecule has 0 unspecified atom stereocenters. The molecule has 1 saturated heterocycles. The van der Waals surface area contributed by atoms with Gasteiger partial charge in [-0.3, -0.25) is 14.2 Å². The number of aromatic nitrogens is 3. The second-order valence-electron chi connectivity index (χ2n) is 5.97. The van der Waals surface area contributed by atoms with Crippen molar-refractivity contribution in [2.75, 3.05) is 13.1 Å². The average Bonchev–Trinajstić information content (AvgIpc) is 3.09. The summed E-state index contributed by atoms with van der Waals surface area (Å²) in [5.74, 6) is -0.572. The Balaban J connectivity index is 1.61. The number of carbonyl (C=O) groups excluding carboxylic acids is 1. The maximum absolute atomic E-state index is 12.4. The Kier molecular flexibility index (Phi) is 4.88. The molecule has 7 nitrogen and oxygen atoms in total. The number of hydrogen-bond donors (Lipinski definition) is 1. The lowest BCUT2D eigenvalue weighted by Crippen LogP contribution is -2.42. The predicted octanol–water partition coefficient (Wildman–Crippen LogP) is 1.52. The highest BCUT2D eigenvalue weighted by Crippen LogP contribution is 2.18. The first-order chi connectivity index (χ1) is 11.6. The number of aliphatic carboxylic acids is 1. The fourth-order valence-electron chi connectivity index (χ4n) is 3.02. The molecule has 24 heavy (non-hydrogen) atoms. The maximum Gasteiger partial charge on any atom is 0.308 e. The minimum atomic E-state index is -0.823. The molecular formula is C17H20N4O3. The largest absolute Gasteiger partial charge is 0.481 e. The van der Waals surface area contributed by atoms with Crippen LogP contribution in [0.3, 0.4) is 0 Å². The Morgan fingerprint density at radius 3 is 2.79 bits per heavy atom. The third-order valence-electron chi connectivity index (χ3n) is 4.34. The van der Waals surface area contributed by atoms with E-state index in [1.54, 1.807) is 11.2 Å². The van der Waals surface area contributed by atoms with E-state index in [0.29, 0.717) is 32.4 Å². The Morgan fingerprint density at radius 2 is 2.04 bits per heavy atom. The second-order valence-corrected chi connectivity index (χ2v) is 5.97. The molecule has 2 aromatic rings. The summed E-state index contributed by atoms with van der Waals surface area (Å²) in [7, 11) is 0. The number of carbonyl (C=O) groups is 2. The van der Waals surface area contributed by atoms with E-state index in [0.717, 1.165) is 17.9 Å². The van der Waals surface area contributed by atoms with Crippen LogP contribution < -0.4 is 0 Å². The van der Waals surface area contributed by atoms with Gasteiger partial charge in [0.25, 0.3) is 0 Å². The van der Waals surface area contributed by atoms with Gasteiger partial charge in [0.1, 0.15) is 12.2 Å². The van der Waals surface area contributed by atoms with Gasteiger partial charge in [0.05, 0.1) is 5.92 Å². The number of para-hydroxylation sites is 1. The summed E-state index contributed by atoms with van der Waals surface area (Å²) in [6.45, 7) is 0.938. The molecule has 0 saturated carbocycles. The molecule has 0 bridgehead atoms. The molecule has 0 aliphatic carbocycles. The van der Waals surface area contributed by atoms with E-state index in [4.69, 9.17) is 5.11 Å². The molecule has 1 aromatic heterocycles. The zero-order chi connectivity index (χ0) is 16.9. The predicted molar refractivity (Wildman–Crippen MR) is 86.6 cm³/mol. The standard InChI is InChI=1S/C17H20N4O3/c22-16(20-10-4-5-13(11-20)17(23)24)9-8-15-19-18-12-21(15)14-6-2-1-3-7-14/h1-3,6-7,12-13H,4-5,8-11H2,(H,23,24)/t13-/m0/s1. The van der Waals surface area contributed by atoms with Gasteiger partial charge in [-0.15, -0.1) is 10.2 Å². The summed E-state index contributed by atoms with van der Waals surface area (Å²) >= 11 is 0. The van der Waals surface area contributed by atoms with Gasteiger partial charge in [0, 0.05) is 31.6 Å². The van der Waals surface area contributed by atoms with E-state index < -0.39 is 11.9 Å². The molecule has 1 fully saturated rings. The van der Waals surface area contributed by atoms with E-state index in [1.165, 1.54) is 0 Å². The molecule has 3 rings (SSSR count). The Morgan fingerprint density at radius 1 is 1.25 bits per heavy atom. The summed E-state index contributed by atoms with van der Waals surface area (Å²) in [6, 6.07) is 9.72. The molecule has 0 spiro atoms. The molecule has 2 heterocycles. The van der Waals surface area contributed by atoms with Crippen molar-refractivity contribution >= 4 is 11.9 Å². The number of nitrogens with zero attached hydrogens (tertiary/aromatic N) is 4. The van der Waals surface area contributed by atoms with Crippen molar-refractivity contribution in [3.05, 3.63) is 42.5 Å². The zero-order valence-corrected chi connectivity index (χ0v) is 13.3. The molecule has 126 valence electrons. The first-order valence-electron chi connectivity index (χ1n) is 8.10. The van der Waals surface area contributed by atoms with Crippen molar-refractivity contribution in [1.29, 1.82) is 0 Å². The van der Waals surface area contributed by atoms with Crippen molar-refractivity contribution in [3.8, 4) is 5.69 Å². The van der Waals surface area contributed by atoms with Crippen LogP contribution in [0, 0.1) is 5.92 Å². The SMILES string of the molecule is O=C(O)[C@H]1CCCN(C(=O)CCc2nncn2-c2ccccc2)C1. The summed E-state index contributed by atoms with van der Waals surface area (Å²) < 4.78 is 1.86. The van der Waals surface area contributed by atoms with Crippen molar-refractivity contribution in [2.24, 2.45) is 5.92 Å². The van der Waals surface area contributed by atoms with E-state index >= 15 is 0 Å². The first-order valence-corrected chi connectivity index (χ1v) is 8.10. The third-order valence-corrected chi connectivity index (χ3v) is 4.34. The van der Waals surface area contributed by atoms with E-state index in [1.807, 2.05) is 34.9 Å². The van der Waals surface area contributed by atoms with Gasteiger partial charge >= 0.3 is 5.97 Å². The third kappa shape index (κ3) is 3.61. The first kappa shape index (κ1) is 16.2. The highest BCUT2D eigenvalue weighted by molar-refractivity contribution is 5.78. The van der Waals surface area contributed by atoms with Gasteiger partial charge in [-0.1, -0.05) is 18.2 Å². The number of aryl methyl sites for hydroxylation is 1. The molecule has 7 heteroatoms. The van der Waals surface area contributed by atoms with Gasteiger partial charge in [-0.25, -0.2) is 0 Å². The van der Waals surface area contributed by atoms with Gasteiger partial charge in [0.15, 0.2) is 0 Å². The molecule has 1 aliphatic heterocycles. The molecule has 1 aromatic carbocycles. The average molecular weight is 328 g/mol. The summed E-state index contributed by atoms with van der Waals surface area (Å²) in [5.41, 5.74) is 0.953. The number of rotatable bonds is 5. The second kappa shape index (κ2) is 7.25. The van der Waals surface area contributed by atoms with Crippen LogP contribution in [-0.2, 0) is 16.0 Å². The van der Waals surface area contributed by atoms with Crippen molar-refractivity contribution in [2.45, 2.75) is 25.7 Å². The molecule has 1 N–H and O–H groups in total. The number of piperidine rings is 1. The highest BCUT2D eigenvalue weighted by atomic mass is 16.4. The van der Waals surface area contributed by atoms with E-state index in [-0.39, 0.29) is 5.91 Å². The van der Waals surface area contributed by atoms with Crippen LogP contribution in [0.5, 0.6) is 0 Å². The van der Waals surface area contributed by atoms with Crippen molar-refractivity contribution < 1.29 is 14.7 Å². The van der Waals surface area contributed by atoms with Crippen molar-refractivity contribution in [1.82, 2.24) is 19.7 Å². The number of amides is 1. The Labute approximate surface area is 139 Å². The fraction of sp³-hybridized carbons (Fsp3) is 0.412. The fourth-order valence-corrected chi connectivity index (χ4v) is 3.02. The van der Waals surface area contributed by atoms with E-state index in [9.17, 15) is 9.59 Å².